The van der Waals surface area contributed by atoms with Crippen LogP contribution in [-0.4, -0.2) is 70.3 Å². The summed E-state index contributed by atoms with van der Waals surface area (Å²) in [5, 5.41) is 1.43. The van der Waals surface area contributed by atoms with Crippen molar-refractivity contribution in [3.05, 3.63) is 64.7 Å². The number of carbonyl (C=O) groups excluding carboxylic acids is 1. The summed E-state index contributed by atoms with van der Waals surface area (Å²) in [6, 6.07) is 15.3. The number of benzene rings is 2. The normalized spacial score (nSPS) is 21.0. The van der Waals surface area contributed by atoms with E-state index in [1.807, 2.05) is 46.8 Å². The number of sulfone groups is 1. The van der Waals surface area contributed by atoms with Gasteiger partial charge in [-0.25, -0.2) is 18.4 Å². The molecule has 3 atom stereocenters. The number of aromatic nitrogens is 4. The van der Waals surface area contributed by atoms with Gasteiger partial charge in [-0.1, -0.05) is 23.7 Å². The Morgan fingerprint density at radius 1 is 1.06 bits per heavy atom. The molecule has 47 heavy (non-hydrogen) atoms. The standard InChI is InChI=1S/C35H37ClN6O4S/c1-40-32-27(13-23(15-30(32)46-2)35(43)42-17-22-8-11-28(42)31(22)37)39-34(40)29-14-21-7-10-26(38-33(21)41(29)16-19-4-5-19)24-9-6-20(12-25(24)36)18-47(3,44)45/h6-7,9-10,12-15,19,22,28,31H,4-5,8,11,16-18,37H2,1-3H3. The van der Waals surface area contributed by atoms with Crippen LogP contribution in [0.1, 0.15) is 41.6 Å². The van der Waals surface area contributed by atoms with Crippen molar-refractivity contribution in [3.63, 3.8) is 0 Å². The van der Waals surface area contributed by atoms with Gasteiger partial charge in [0.1, 0.15) is 16.9 Å². The molecule has 1 aliphatic heterocycles. The van der Waals surface area contributed by atoms with Gasteiger partial charge in [0.2, 0.25) is 0 Å². The molecule has 2 N–H and O–H groups in total. The lowest BCUT2D eigenvalue weighted by molar-refractivity contribution is 0.0700. The van der Waals surface area contributed by atoms with Crippen LogP contribution in [0.4, 0.5) is 0 Å². The SMILES string of the molecule is COc1cc(C(=O)N2CC3CCC2C3N)cc2nc(-c3cc4ccc(-c5ccc(CS(C)(=O)=O)cc5Cl)nc4n3CC3CC3)n(C)c12. The molecule has 4 heterocycles. The largest absolute Gasteiger partial charge is 0.494 e. The third-order valence-electron chi connectivity index (χ3n) is 10.2. The van der Waals surface area contributed by atoms with Crippen LogP contribution in [-0.2, 0) is 29.2 Å². The van der Waals surface area contributed by atoms with Gasteiger partial charge in [-0.15, -0.1) is 0 Å². The molecule has 3 fully saturated rings. The number of nitrogens with two attached hydrogens (primary N) is 1. The number of fused-ring (bicyclic) bond motifs is 4. The van der Waals surface area contributed by atoms with Crippen molar-refractivity contribution in [3.8, 4) is 28.5 Å². The molecule has 12 heteroatoms. The molecule has 2 aromatic carbocycles. The van der Waals surface area contributed by atoms with E-state index in [0.29, 0.717) is 51.5 Å². The maximum absolute atomic E-state index is 13.7. The van der Waals surface area contributed by atoms with Crippen molar-refractivity contribution in [2.75, 3.05) is 19.9 Å². The molecule has 3 aromatic heterocycles. The Kier molecular flexibility index (Phi) is 7.16. The Morgan fingerprint density at radius 3 is 2.53 bits per heavy atom. The van der Waals surface area contributed by atoms with E-state index >= 15 is 0 Å². The molecule has 244 valence electrons. The zero-order chi connectivity index (χ0) is 32.8. The summed E-state index contributed by atoms with van der Waals surface area (Å²) in [7, 11) is 0.414. The van der Waals surface area contributed by atoms with E-state index in [1.165, 1.54) is 6.26 Å². The number of carbonyl (C=O) groups is 1. The zero-order valence-electron chi connectivity index (χ0n) is 26.6. The van der Waals surface area contributed by atoms with Crippen LogP contribution in [0, 0.1) is 11.8 Å². The molecule has 3 aliphatic rings. The fourth-order valence-corrected chi connectivity index (χ4v) is 8.72. The van der Waals surface area contributed by atoms with Crippen LogP contribution in [0.5, 0.6) is 5.75 Å². The first-order valence-electron chi connectivity index (χ1n) is 16.1. The summed E-state index contributed by atoms with van der Waals surface area (Å²) in [5.74, 6) is 2.19. The summed E-state index contributed by atoms with van der Waals surface area (Å²) in [6.45, 7) is 1.50. The maximum Gasteiger partial charge on any atom is 0.254 e. The highest BCUT2D eigenvalue weighted by atomic mass is 35.5. The Hall–Kier alpha value is -3.93. The molecule has 0 spiro atoms. The third kappa shape index (κ3) is 5.28. The lowest BCUT2D eigenvalue weighted by Crippen LogP contribution is -2.41. The number of halogens is 1. The first-order valence-corrected chi connectivity index (χ1v) is 18.5. The first kappa shape index (κ1) is 30.4. The zero-order valence-corrected chi connectivity index (χ0v) is 28.2. The smallest absolute Gasteiger partial charge is 0.254 e. The summed E-state index contributed by atoms with van der Waals surface area (Å²) in [4.78, 5) is 25.9. The van der Waals surface area contributed by atoms with Crippen LogP contribution in [0.2, 0.25) is 5.02 Å². The number of rotatable bonds is 8. The molecule has 2 bridgehead atoms. The van der Waals surface area contributed by atoms with E-state index in [1.54, 1.807) is 19.2 Å². The van der Waals surface area contributed by atoms with Gasteiger partial charge in [-0.05, 0) is 79.5 Å². The second kappa shape index (κ2) is 11.1. The van der Waals surface area contributed by atoms with Gasteiger partial charge in [0.05, 0.1) is 34.8 Å². The van der Waals surface area contributed by atoms with Crippen LogP contribution in [0.15, 0.2) is 48.5 Å². The van der Waals surface area contributed by atoms with Gasteiger partial charge in [0.25, 0.3) is 5.91 Å². The maximum atomic E-state index is 13.7. The molecule has 0 radical (unpaired) electrons. The van der Waals surface area contributed by atoms with Crippen molar-refractivity contribution >= 4 is 49.4 Å². The Labute approximate surface area is 278 Å². The highest BCUT2D eigenvalue weighted by molar-refractivity contribution is 7.89. The van der Waals surface area contributed by atoms with Crippen molar-refractivity contribution in [1.82, 2.24) is 24.0 Å². The summed E-state index contributed by atoms with van der Waals surface area (Å²) >= 11 is 6.68. The predicted molar refractivity (Wildman–Crippen MR) is 183 cm³/mol. The Bertz CT molecular complexity index is 2200. The molecule has 1 amide bonds. The highest BCUT2D eigenvalue weighted by Gasteiger charge is 2.47. The number of ether oxygens (including phenoxy) is 1. The van der Waals surface area contributed by atoms with Crippen molar-refractivity contribution in [2.24, 2.45) is 24.6 Å². The minimum absolute atomic E-state index is 0.0253. The molecule has 10 nitrogen and oxygen atoms in total. The minimum Gasteiger partial charge on any atom is -0.494 e. The molecule has 3 unspecified atom stereocenters. The molecule has 2 aliphatic carbocycles. The molecule has 5 aromatic rings. The van der Waals surface area contributed by atoms with E-state index in [2.05, 4.69) is 10.6 Å². The number of pyridine rings is 1. The minimum atomic E-state index is -3.18. The van der Waals surface area contributed by atoms with E-state index in [9.17, 15) is 13.2 Å². The summed E-state index contributed by atoms with van der Waals surface area (Å²) in [6.07, 6.45) is 5.57. The van der Waals surface area contributed by atoms with Crippen LogP contribution >= 0.6 is 11.6 Å². The monoisotopic (exact) mass is 672 g/mol. The fraction of sp³-hybridized carbons (Fsp3) is 0.400. The molecular weight excluding hydrogens is 636 g/mol. The van der Waals surface area contributed by atoms with E-state index < -0.39 is 9.84 Å². The lowest BCUT2D eigenvalue weighted by Gasteiger charge is -2.27. The average Bonchev–Trinajstić information content (AvgIpc) is 3.44. The quantitative estimate of drug-likeness (QED) is 0.233. The van der Waals surface area contributed by atoms with E-state index in [-0.39, 0.29) is 23.7 Å². The van der Waals surface area contributed by atoms with Crippen LogP contribution in [0.3, 0.4) is 0 Å². The van der Waals surface area contributed by atoms with Crippen molar-refractivity contribution < 1.29 is 17.9 Å². The van der Waals surface area contributed by atoms with Crippen molar-refractivity contribution in [1.29, 1.82) is 0 Å². The van der Waals surface area contributed by atoms with Crippen LogP contribution < -0.4 is 10.5 Å². The molecule has 2 saturated carbocycles. The highest BCUT2D eigenvalue weighted by Crippen LogP contribution is 2.40. The van der Waals surface area contributed by atoms with Gasteiger partial charge in [0, 0.05) is 55.0 Å². The van der Waals surface area contributed by atoms with Gasteiger partial charge in [-0.2, -0.15) is 0 Å². The number of imidazole rings is 1. The Balaban J connectivity index is 1.21. The van der Waals surface area contributed by atoms with E-state index in [4.69, 9.17) is 32.0 Å². The van der Waals surface area contributed by atoms with Gasteiger partial charge >= 0.3 is 0 Å². The number of hydrogen-bond donors (Lipinski definition) is 1. The topological polar surface area (TPSA) is 125 Å². The fourth-order valence-electron chi connectivity index (χ4n) is 7.63. The number of piperidine rings is 1. The molecule has 1 saturated heterocycles. The molecular formula is C35H37ClN6O4S. The number of hydrogen-bond acceptors (Lipinski definition) is 7. The van der Waals surface area contributed by atoms with Crippen LogP contribution in [0.25, 0.3) is 44.8 Å². The second-order valence-electron chi connectivity index (χ2n) is 13.6. The third-order valence-corrected chi connectivity index (χ3v) is 11.3. The van der Waals surface area contributed by atoms with Gasteiger partial charge < -0.3 is 24.5 Å². The number of amides is 1. The van der Waals surface area contributed by atoms with Gasteiger partial charge in [-0.3, -0.25) is 4.79 Å². The van der Waals surface area contributed by atoms with E-state index in [0.717, 1.165) is 65.9 Å². The lowest BCUT2D eigenvalue weighted by atomic mass is 10.1. The molecule has 8 rings (SSSR count). The number of aryl methyl sites for hydroxylation is 1. The van der Waals surface area contributed by atoms with Gasteiger partial charge in [0.15, 0.2) is 15.7 Å². The second-order valence-corrected chi connectivity index (χ2v) is 16.1. The summed E-state index contributed by atoms with van der Waals surface area (Å²) in [5.41, 5.74) is 12.3. The van der Waals surface area contributed by atoms with Crippen molar-refractivity contribution in [2.45, 2.75) is 50.1 Å². The Morgan fingerprint density at radius 2 is 1.87 bits per heavy atom. The first-order chi connectivity index (χ1) is 22.5. The number of nitrogens with zero attached hydrogens (tertiary/aromatic N) is 5. The average molecular weight is 673 g/mol. The number of methoxy groups -OCH3 is 1. The predicted octanol–water partition coefficient (Wildman–Crippen LogP) is 5.44. The summed E-state index contributed by atoms with van der Waals surface area (Å²) < 4.78 is 33.8. The number of likely N-dealkylation sites (tertiary alicyclic amines) is 1.